The minimum Gasteiger partial charge on any atom is -0.491 e. The lowest BCUT2D eigenvalue weighted by Gasteiger charge is -2.34. The van der Waals surface area contributed by atoms with Crippen molar-refractivity contribution in [3.8, 4) is 11.8 Å². The van der Waals surface area contributed by atoms with E-state index >= 15 is 0 Å². The summed E-state index contributed by atoms with van der Waals surface area (Å²) >= 11 is 6.15. The van der Waals surface area contributed by atoms with E-state index in [1.165, 1.54) is 35.3 Å². The van der Waals surface area contributed by atoms with E-state index in [-0.39, 0.29) is 48.2 Å². The third-order valence-electron chi connectivity index (χ3n) is 5.67. The van der Waals surface area contributed by atoms with Gasteiger partial charge in [-0.25, -0.2) is 17.8 Å². The lowest BCUT2D eigenvalue weighted by molar-refractivity contribution is -0.0247. The summed E-state index contributed by atoms with van der Waals surface area (Å²) in [6.07, 6.45) is -1.81. The predicted molar refractivity (Wildman–Crippen MR) is 132 cm³/mol. The van der Waals surface area contributed by atoms with Crippen molar-refractivity contribution in [1.29, 1.82) is 5.26 Å². The molecule has 1 aliphatic heterocycles. The van der Waals surface area contributed by atoms with Crippen molar-refractivity contribution in [3.05, 3.63) is 59.9 Å². The Morgan fingerprint density at radius 3 is 2.75 bits per heavy atom. The molecule has 0 amide bonds. The lowest BCUT2D eigenvalue weighted by atomic mass is 9.84. The van der Waals surface area contributed by atoms with Gasteiger partial charge in [-0.05, 0) is 29.8 Å². The summed E-state index contributed by atoms with van der Waals surface area (Å²) in [5.41, 5.74) is -0.289. The van der Waals surface area contributed by atoms with Gasteiger partial charge in [-0.2, -0.15) is 5.26 Å². The second kappa shape index (κ2) is 12.3. The molecule has 0 saturated carbocycles. The maximum absolute atomic E-state index is 13.2. The first-order chi connectivity index (χ1) is 17.0. The highest BCUT2D eigenvalue weighted by atomic mass is 35.5. The molecule has 196 valence electrons. The van der Waals surface area contributed by atoms with Crippen LogP contribution in [0.1, 0.15) is 19.4 Å². The van der Waals surface area contributed by atoms with Crippen molar-refractivity contribution in [2.75, 3.05) is 32.8 Å². The average molecular weight is 541 g/mol. The van der Waals surface area contributed by atoms with Crippen LogP contribution in [-0.4, -0.2) is 69.1 Å². The summed E-state index contributed by atoms with van der Waals surface area (Å²) in [7, 11) is -4.00. The maximum atomic E-state index is 13.2. The number of sulfonamides is 1. The molecular weight excluding hydrogens is 511 g/mol. The number of hydrogen-bond donors (Lipinski definition) is 3. The molecule has 3 N–H and O–H groups in total. The number of hydrogen-bond acceptors (Lipinski definition) is 8. The molecule has 3 rings (SSSR count). The Hall–Kier alpha value is -2.30. The Morgan fingerprint density at radius 2 is 2.06 bits per heavy atom. The van der Waals surface area contributed by atoms with E-state index in [2.05, 4.69) is 10.1 Å². The molecule has 1 heterocycles. The number of nitrogens with one attached hydrogen (secondary N) is 2. The van der Waals surface area contributed by atoms with Crippen molar-refractivity contribution in [2.24, 2.45) is 0 Å². The number of aliphatic hydroxyl groups is 1. The molecule has 36 heavy (non-hydrogen) atoms. The second-order valence-corrected chi connectivity index (χ2v) is 11.2. The summed E-state index contributed by atoms with van der Waals surface area (Å²) in [5, 5.41) is 23.8. The fraction of sp³-hybridized carbons (Fsp3) is 0.458. The van der Waals surface area contributed by atoms with Crippen LogP contribution >= 0.6 is 11.6 Å². The summed E-state index contributed by atoms with van der Waals surface area (Å²) in [6, 6.07) is 14.0. The van der Waals surface area contributed by atoms with Gasteiger partial charge in [-0.3, -0.25) is 0 Å². The fourth-order valence-electron chi connectivity index (χ4n) is 3.58. The van der Waals surface area contributed by atoms with Crippen LogP contribution in [0.4, 0.5) is 4.39 Å². The average Bonchev–Trinajstić information content (AvgIpc) is 2.84. The normalized spacial score (nSPS) is 20.0. The molecule has 0 aliphatic carbocycles. The smallest absolute Gasteiger partial charge is 0.253 e. The molecule has 0 aromatic heterocycles. The molecule has 1 aliphatic rings. The number of hydrazine groups is 1. The zero-order valence-corrected chi connectivity index (χ0v) is 21.6. The van der Waals surface area contributed by atoms with Crippen molar-refractivity contribution in [1.82, 2.24) is 15.2 Å². The van der Waals surface area contributed by atoms with Crippen LogP contribution in [0, 0.1) is 17.1 Å². The molecule has 9 nitrogen and oxygen atoms in total. The highest BCUT2D eigenvalue weighted by Crippen LogP contribution is 2.23. The van der Waals surface area contributed by atoms with Crippen LogP contribution in [0.25, 0.3) is 0 Å². The van der Waals surface area contributed by atoms with Gasteiger partial charge in [-0.1, -0.05) is 32.0 Å². The third kappa shape index (κ3) is 7.60. The van der Waals surface area contributed by atoms with Crippen LogP contribution in [0.3, 0.4) is 0 Å². The SMILES string of the molecule is CC(C)(CNC[C@@H](O)COc1cccc(S(=O)(=O)NN2CCOC(C#N)C2Cl)c1)c1ccc(F)cc1. The summed E-state index contributed by atoms with van der Waals surface area (Å²) in [4.78, 5) is 2.33. The lowest BCUT2D eigenvalue weighted by Crippen LogP contribution is -2.55. The molecular formula is C24H30ClFN4O5S. The summed E-state index contributed by atoms with van der Waals surface area (Å²) < 4.78 is 49.6. The molecule has 0 bridgehead atoms. The molecule has 2 aromatic carbocycles. The molecule has 3 atom stereocenters. The zero-order chi connectivity index (χ0) is 26.3. The third-order valence-corrected chi connectivity index (χ3v) is 7.49. The van der Waals surface area contributed by atoms with Crippen LogP contribution in [0.5, 0.6) is 5.75 Å². The van der Waals surface area contributed by atoms with E-state index in [1.54, 1.807) is 18.2 Å². The van der Waals surface area contributed by atoms with Gasteiger partial charge in [0, 0.05) is 31.1 Å². The van der Waals surface area contributed by atoms with E-state index in [9.17, 15) is 17.9 Å². The Morgan fingerprint density at radius 1 is 1.33 bits per heavy atom. The monoisotopic (exact) mass is 540 g/mol. The number of aliphatic hydroxyl groups excluding tert-OH is 1. The van der Waals surface area contributed by atoms with Crippen molar-refractivity contribution >= 4 is 21.6 Å². The van der Waals surface area contributed by atoms with Gasteiger partial charge < -0.3 is 19.9 Å². The molecule has 0 radical (unpaired) electrons. The van der Waals surface area contributed by atoms with Crippen LogP contribution in [0.2, 0.25) is 0 Å². The number of ether oxygens (including phenoxy) is 2. The number of nitriles is 1. The molecule has 0 spiro atoms. The highest BCUT2D eigenvalue weighted by molar-refractivity contribution is 7.89. The fourth-order valence-corrected chi connectivity index (χ4v) is 5.06. The highest BCUT2D eigenvalue weighted by Gasteiger charge is 2.33. The second-order valence-electron chi connectivity index (χ2n) is 9.04. The number of rotatable bonds is 11. The first-order valence-corrected chi connectivity index (χ1v) is 13.3. The standard InChI is InChI=1S/C24H30ClFN4O5S/c1-24(2,17-6-8-18(26)9-7-17)16-28-14-19(31)15-35-20-4-3-5-21(12-20)36(32,33)29-30-10-11-34-22(13-27)23(30)25/h3-9,12,19,22-23,28-29,31H,10-11,14-16H2,1-2H3/t19-,22?,23?/m1/s1. The number of morpholine rings is 1. The molecule has 1 saturated heterocycles. The number of nitrogens with zero attached hydrogens (tertiary/aromatic N) is 2. The first-order valence-electron chi connectivity index (χ1n) is 11.3. The van der Waals surface area contributed by atoms with Gasteiger partial charge in [0.2, 0.25) is 0 Å². The quantitative estimate of drug-likeness (QED) is 0.292. The van der Waals surface area contributed by atoms with Crippen LogP contribution in [0.15, 0.2) is 53.4 Å². The van der Waals surface area contributed by atoms with Gasteiger partial charge in [0.05, 0.1) is 17.6 Å². The minimum atomic E-state index is -4.00. The van der Waals surface area contributed by atoms with E-state index < -0.39 is 27.7 Å². The van der Waals surface area contributed by atoms with E-state index in [0.717, 1.165) is 5.56 Å². The molecule has 12 heteroatoms. The van der Waals surface area contributed by atoms with Gasteiger partial charge in [0.1, 0.15) is 29.8 Å². The number of halogens is 2. The Bertz CT molecular complexity index is 1160. The summed E-state index contributed by atoms with van der Waals surface area (Å²) in [5.74, 6) is -0.0254. The van der Waals surface area contributed by atoms with E-state index in [4.69, 9.17) is 26.3 Å². The van der Waals surface area contributed by atoms with Crippen molar-refractivity contribution in [2.45, 2.75) is 41.9 Å². The molecule has 2 aromatic rings. The largest absolute Gasteiger partial charge is 0.491 e. The Labute approximate surface area is 215 Å². The Balaban J connectivity index is 1.51. The predicted octanol–water partition coefficient (Wildman–Crippen LogP) is 2.12. The van der Waals surface area contributed by atoms with Gasteiger partial charge in [0.25, 0.3) is 10.0 Å². The number of benzene rings is 2. The maximum Gasteiger partial charge on any atom is 0.253 e. The van der Waals surface area contributed by atoms with Gasteiger partial charge in [0.15, 0.2) is 6.10 Å². The van der Waals surface area contributed by atoms with Crippen molar-refractivity contribution in [3.63, 3.8) is 0 Å². The minimum absolute atomic E-state index is 0.0576. The van der Waals surface area contributed by atoms with Crippen LogP contribution in [-0.2, 0) is 20.2 Å². The first kappa shape index (κ1) is 28.3. The zero-order valence-electron chi connectivity index (χ0n) is 20.0. The summed E-state index contributed by atoms with van der Waals surface area (Å²) in [6.45, 7) is 5.10. The van der Waals surface area contributed by atoms with E-state index in [0.29, 0.717) is 6.54 Å². The van der Waals surface area contributed by atoms with Gasteiger partial charge in [-0.15, -0.1) is 16.4 Å². The molecule has 1 fully saturated rings. The van der Waals surface area contributed by atoms with Gasteiger partial charge >= 0.3 is 0 Å². The number of alkyl halides is 1. The molecule has 2 unspecified atom stereocenters. The van der Waals surface area contributed by atoms with Crippen LogP contribution < -0.4 is 14.9 Å². The topological polar surface area (TPSA) is 124 Å². The van der Waals surface area contributed by atoms with E-state index in [1.807, 2.05) is 19.9 Å². The Kier molecular flexibility index (Phi) is 9.66. The van der Waals surface area contributed by atoms with Crippen molar-refractivity contribution < 1.29 is 27.4 Å².